The number of amides is 1. The highest BCUT2D eigenvalue weighted by molar-refractivity contribution is 5.84. The molecule has 4 heteroatoms. The van der Waals surface area contributed by atoms with E-state index < -0.39 is 0 Å². The zero-order valence-corrected chi connectivity index (χ0v) is 15.0. The highest BCUT2D eigenvalue weighted by atomic mass is 16.6. The van der Waals surface area contributed by atoms with Crippen LogP contribution in [0.4, 0.5) is 10.5 Å². The van der Waals surface area contributed by atoms with Gasteiger partial charge in [-0.15, -0.1) is 0 Å². The molecule has 4 atom stereocenters. The molecule has 3 fully saturated rings. The van der Waals surface area contributed by atoms with E-state index in [0.717, 1.165) is 5.69 Å². The first-order valence-electron chi connectivity index (χ1n) is 10.1. The van der Waals surface area contributed by atoms with Crippen molar-refractivity contribution in [3.63, 3.8) is 0 Å². The molecule has 1 aromatic carbocycles. The van der Waals surface area contributed by atoms with E-state index in [-0.39, 0.29) is 12.2 Å². The summed E-state index contributed by atoms with van der Waals surface area (Å²) in [6.45, 7) is 2.46. The highest BCUT2D eigenvalue weighted by Gasteiger charge is 2.46. The fourth-order valence-electron chi connectivity index (χ4n) is 5.29. The number of ether oxygens (including phenoxy) is 1. The molecule has 136 valence electrons. The molecule has 4 nitrogen and oxygen atoms in total. The number of nitrogens with one attached hydrogen (secondary N) is 1. The molecule has 3 aliphatic rings. The summed E-state index contributed by atoms with van der Waals surface area (Å²) in [6.07, 6.45) is 10.0. The van der Waals surface area contributed by atoms with Crippen molar-refractivity contribution in [3.8, 4) is 0 Å². The summed E-state index contributed by atoms with van der Waals surface area (Å²) in [7, 11) is 0. The van der Waals surface area contributed by atoms with Crippen LogP contribution < -0.4 is 5.32 Å². The molecule has 1 aromatic rings. The van der Waals surface area contributed by atoms with Gasteiger partial charge in [0, 0.05) is 17.6 Å². The van der Waals surface area contributed by atoms with Gasteiger partial charge < -0.3 is 4.74 Å². The molecule has 2 saturated carbocycles. The molecular weight excluding hydrogens is 312 g/mol. The summed E-state index contributed by atoms with van der Waals surface area (Å²) >= 11 is 0. The van der Waals surface area contributed by atoms with Gasteiger partial charge in [-0.25, -0.2) is 4.79 Å². The molecule has 2 bridgehead atoms. The van der Waals surface area contributed by atoms with Gasteiger partial charge in [-0.3, -0.25) is 10.2 Å². The number of carbonyl (C=O) groups is 1. The van der Waals surface area contributed by atoms with E-state index in [0.29, 0.717) is 17.9 Å². The maximum Gasteiger partial charge on any atom is 0.411 e. The third-order valence-corrected chi connectivity index (χ3v) is 6.45. The second kappa shape index (κ2) is 7.77. The monoisotopic (exact) mass is 342 g/mol. The topological polar surface area (TPSA) is 41.6 Å². The van der Waals surface area contributed by atoms with Crippen molar-refractivity contribution in [2.75, 3.05) is 18.4 Å². The quantitative estimate of drug-likeness (QED) is 0.868. The average Bonchev–Trinajstić information content (AvgIpc) is 2.63. The van der Waals surface area contributed by atoms with E-state index in [1.807, 2.05) is 30.3 Å². The fourth-order valence-corrected chi connectivity index (χ4v) is 5.29. The minimum Gasteiger partial charge on any atom is -0.445 e. The molecule has 0 aromatic heterocycles. The molecule has 2 aliphatic carbocycles. The van der Waals surface area contributed by atoms with Gasteiger partial charge in [0.25, 0.3) is 0 Å². The Morgan fingerprint density at radius 2 is 1.76 bits per heavy atom. The molecule has 4 unspecified atom stereocenters. The van der Waals surface area contributed by atoms with Crippen LogP contribution in [0.25, 0.3) is 0 Å². The summed E-state index contributed by atoms with van der Waals surface area (Å²) in [6, 6.07) is 10.2. The van der Waals surface area contributed by atoms with E-state index >= 15 is 0 Å². The summed E-state index contributed by atoms with van der Waals surface area (Å²) < 4.78 is 6.01. The van der Waals surface area contributed by atoms with Crippen molar-refractivity contribution in [2.24, 2.45) is 11.8 Å². The smallest absolute Gasteiger partial charge is 0.411 e. The van der Waals surface area contributed by atoms with Gasteiger partial charge >= 0.3 is 6.09 Å². The second-order valence-electron chi connectivity index (χ2n) is 7.96. The number of benzene rings is 1. The lowest BCUT2D eigenvalue weighted by Gasteiger charge is -2.50. The Bertz CT molecular complexity index is 571. The number of anilines is 1. The fraction of sp³-hybridized carbons (Fsp3) is 0.667. The van der Waals surface area contributed by atoms with E-state index in [1.54, 1.807) is 0 Å². The van der Waals surface area contributed by atoms with Crippen LogP contribution in [-0.2, 0) is 4.74 Å². The van der Waals surface area contributed by atoms with E-state index in [9.17, 15) is 4.79 Å². The van der Waals surface area contributed by atoms with Gasteiger partial charge in [-0.1, -0.05) is 31.0 Å². The number of hydrogen-bond donors (Lipinski definition) is 1. The van der Waals surface area contributed by atoms with Crippen molar-refractivity contribution in [1.29, 1.82) is 0 Å². The number of likely N-dealkylation sites (tertiary alicyclic amines) is 1. The first-order valence-corrected chi connectivity index (χ1v) is 10.1. The largest absolute Gasteiger partial charge is 0.445 e. The first kappa shape index (κ1) is 16.9. The molecule has 4 rings (SSSR count). The molecule has 1 aliphatic heterocycles. The van der Waals surface area contributed by atoms with Crippen molar-refractivity contribution in [1.82, 2.24) is 4.90 Å². The summed E-state index contributed by atoms with van der Waals surface area (Å²) in [5.74, 6) is 1.08. The number of carbonyl (C=O) groups excluding carboxylic acids is 1. The Labute approximate surface area is 150 Å². The lowest BCUT2D eigenvalue weighted by atomic mass is 9.67. The highest BCUT2D eigenvalue weighted by Crippen LogP contribution is 2.44. The lowest BCUT2D eigenvalue weighted by molar-refractivity contribution is -0.0688. The van der Waals surface area contributed by atoms with E-state index in [4.69, 9.17) is 4.74 Å². The third kappa shape index (κ3) is 3.84. The standard InChI is InChI=1S/C21H30N2O2/c24-21(22-17-9-3-1-4-10-17)25-20-16-8-7-11-18(20)19(13-12-16)23-14-5-2-6-15-23/h1,3-4,9-10,16,18-20H,2,5-8,11-15H2,(H,22,24). The van der Waals surface area contributed by atoms with E-state index in [2.05, 4.69) is 10.2 Å². The Morgan fingerprint density at radius 1 is 0.960 bits per heavy atom. The Kier molecular flexibility index (Phi) is 5.25. The number of para-hydroxylation sites is 1. The number of rotatable bonds is 3. The first-order chi connectivity index (χ1) is 12.3. The van der Waals surface area contributed by atoms with Crippen molar-refractivity contribution >= 4 is 11.8 Å². The van der Waals surface area contributed by atoms with Crippen LogP contribution in [0, 0.1) is 11.8 Å². The zero-order chi connectivity index (χ0) is 17.1. The molecule has 1 heterocycles. The molecule has 1 amide bonds. The summed E-state index contributed by atoms with van der Waals surface area (Å²) in [5, 5.41) is 2.90. The van der Waals surface area contributed by atoms with Crippen LogP contribution in [-0.4, -0.2) is 36.2 Å². The van der Waals surface area contributed by atoms with Gasteiger partial charge in [0.15, 0.2) is 0 Å². The van der Waals surface area contributed by atoms with E-state index in [1.165, 1.54) is 64.5 Å². The SMILES string of the molecule is O=C(Nc1ccccc1)OC1C2CCCC1C(N1CCCCC1)CC2. The summed E-state index contributed by atoms with van der Waals surface area (Å²) in [4.78, 5) is 15.1. The molecule has 1 N–H and O–H groups in total. The Hall–Kier alpha value is -1.55. The molecule has 1 saturated heterocycles. The maximum atomic E-state index is 12.4. The van der Waals surface area contributed by atoms with Crippen LogP contribution in [0.1, 0.15) is 51.4 Å². The van der Waals surface area contributed by atoms with Crippen LogP contribution in [0.3, 0.4) is 0 Å². The number of fused-ring (bicyclic) bond motifs is 2. The Morgan fingerprint density at radius 3 is 2.56 bits per heavy atom. The van der Waals surface area contributed by atoms with Gasteiger partial charge in [-0.2, -0.15) is 0 Å². The number of hydrogen-bond acceptors (Lipinski definition) is 3. The van der Waals surface area contributed by atoms with Gasteiger partial charge in [-0.05, 0) is 69.7 Å². The molecule has 0 radical (unpaired) electrons. The minimum atomic E-state index is -0.285. The molecular formula is C21H30N2O2. The maximum absolute atomic E-state index is 12.4. The van der Waals surface area contributed by atoms with Crippen LogP contribution in [0.5, 0.6) is 0 Å². The van der Waals surface area contributed by atoms with Crippen LogP contribution >= 0.6 is 0 Å². The third-order valence-electron chi connectivity index (χ3n) is 6.45. The van der Waals surface area contributed by atoms with Crippen molar-refractivity contribution in [2.45, 2.75) is 63.5 Å². The van der Waals surface area contributed by atoms with Crippen molar-refractivity contribution < 1.29 is 9.53 Å². The average molecular weight is 342 g/mol. The number of piperidine rings is 1. The normalized spacial score (nSPS) is 32.8. The summed E-state index contributed by atoms with van der Waals surface area (Å²) in [5.41, 5.74) is 0.807. The predicted molar refractivity (Wildman–Crippen MR) is 99.6 cm³/mol. The Balaban J connectivity index is 1.42. The van der Waals surface area contributed by atoms with Crippen LogP contribution in [0.15, 0.2) is 30.3 Å². The van der Waals surface area contributed by atoms with Gasteiger partial charge in [0.1, 0.15) is 6.10 Å². The predicted octanol–water partition coefficient (Wildman–Crippen LogP) is 4.67. The molecule has 25 heavy (non-hydrogen) atoms. The van der Waals surface area contributed by atoms with Crippen molar-refractivity contribution in [3.05, 3.63) is 30.3 Å². The van der Waals surface area contributed by atoms with Gasteiger partial charge in [0.05, 0.1) is 0 Å². The lowest BCUT2D eigenvalue weighted by Crippen LogP contribution is -2.54. The zero-order valence-electron chi connectivity index (χ0n) is 15.0. The minimum absolute atomic E-state index is 0.0955. The second-order valence-corrected chi connectivity index (χ2v) is 7.96. The number of nitrogens with zero attached hydrogens (tertiary/aromatic N) is 1. The van der Waals surface area contributed by atoms with Gasteiger partial charge in [0.2, 0.25) is 0 Å². The van der Waals surface area contributed by atoms with Crippen LogP contribution in [0.2, 0.25) is 0 Å². The molecule has 0 spiro atoms.